The van der Waals surface area contributed by atoms with Crippen molar-refractivity contribution in [3.8, 4) is 11.3 Å². The predicted molar refractivity (Wildman–Crippen MR) is 86.1 cm³/mol. The van der Waals surface area contributed by atoms with Gasteiger partial charge >= 0.3 is 0 Å². The molecule has 2 aromatic rings. The predicted octanol–water partition coefficient (Wildman–Crippen LogP) is 4.02. The number of nitrogens with zero attached hydrogens (tertiary/aromatic N) is 1. The minimum absolute atomic E-state index is 0.0851. The minimum atomic E-state index is -0.243. The molecule has 0 bridgehead atoms. The molecule has 0 radical (unpaired) electrons. The lowest BCUT2D eigenvalue weighted by Gasteiger charge is -2.19. The van der Waals surface area contributed by atoms with E-state index in [4.69, 9.17) is 4.42 Å². The molecule has 0 aliphatic rings. The van der Waals surface area contributed by atoms with Crippen molar-refractivity contribution in [2.24, 2.45) is 0 Å². The van der Waals surface area contributed by atoms with Crippen molar-refractivity contribution in [1.82, 2.24) is 10.3 Å². The van der Waals surface area contributed by atoms with E-state index in [1.165, 1.54) is 12.1 Å². The summed E-state index contributed by atoms with van der Waals surface area (Å²) in [4.78, 5) is 4.27. The Labute approximate surface area is 132 Å². The largest absolute Gasteiger partial charge is 0.441 e. The summed E-state index contributed by atoms with van der Waals surface area (Å²) < 4.78 is 19.6. The van der Waals surface area contributed by atoms with Gasteiger partial charge in [0.2, 0.25) is 0 Å². The number of oxazole rings is 1. The highest BCUT2D eigenvalue weighted by Gasteiger charge is 2.12. The maximum absolute atomic E-state index is 13.1. The van der Waals surface area contributed by atoms with Gasteiger partial charge in [0, 0.05) is 27.6 Å². The van der Waals surface area contributed by atoms with E-state index in [1.54, 1.807) is 12.3 Å². The number of hydrogen-bond acceptors (Lipinski definition) is 3. The van der Waals surface area contributed by atoms with Crippen molar-refractivity contribution in [3.05, 3.63) is 39.7 Å². The molecule has 1 heterocycles. The number of aromatic nitrogens is 1. The van der Waals surface area contributed by atoms with E-state index in [2.05, 4.69) is 53.7 Å². The van der Waals surface area contributed by atoms with Gasteiger partial charge in [-0.2, -0.15) is 0 Å². The standard InChI is InChI=1S/C15H18FIN2O/c1-15(2,3)19-7-6-14-18-9-13(20-14)11-5-4-10(16)8-12(11)17/h4-5,8-9,19H,6-7H2,1-3H3. The first-order valence-corrected chi connectivity index (χ1v) is 7.58. The summed E-state index contributed by atoms with van der Waals surface area (Å²) in [5.41, 5.74) is 0.955. The fraction of sp³-hybridized carbons (Fsp3) is 0.400. The molecule has 0 saturated carbocycles. The highest BCUT2D eigenvalue weighted by molar-refractivity contribution is 14.1. The highest BCUT2D eigenvalue weighted by atomic mass is 127. The van der Waals surface area contributed by atoms with Gasteiger partial charge in [0.15, 0.2) is 11.7 Å². The van der Waals surface area contributed by atoms with Crippen LogP contribution in [0.15, 0.2) is 28.8 Å². The molecule has 1 N–H and O–H groups in total. The molecule has 1 aromatic carbocycles. The molecular weight excluding hydrogens is 370 g/mol. The van der Waals surface area contributed by atoms with Gasteiger partial charge in [-0.05, 0) is 61.6 Å². The third-order valence-corrected chi connectivity index (χ3v) is 3.64. The smallest absolute Gasteiger partial charge is 0.196 e. The second kappa shape index (κ2) is 6.22. The van der Waals surface area contributed by atoms with Crippen LogP contribution in [-0.4, -0.2) is 17.1 Å². The lowest BCUT2D eigenvalue weighted by atomic mass is 10.1. The van der Waals surface area contributed by atoms with E-state index < -0.39 is 0 Å². The average Bonchev–Trinajstić information content (AvgIpc) is 2.75. The zero-order chi connectivity index (χ0) is 14.8. The molecule has 0 fully saturated rings. The quantitative estimate of drug-likeness (QED) is 0.805. The van der Waals surface area contributed by atoms with E-state index in [0.717, 1.165) is 22.1 Å². The molecule has 0 atom stereocenters. The summed E-state index contributed by atoms with van der Waals surface area (Å²) in [5.74, 6) is 1.13. The molecule has 0 amide bonds. The summed E-state index contributed by atoms with van der Waals surface area (Å²) in [6.07, 6.45) is 2.43. The minimum Gasteiger partial charge on any atom is -0.441 e. The normalized spacial score (nSPS) is 11.8. The van der Waals surface area contributed by atoms with Crippen molar-refractivity contribution in [2.45, 2.75) is 32.7 Å². The second-order valence-electron chi connectivity index (χ2n) is 5.67. The van der Waals surface area contributed by atoms with Crippen LogP contribution < -0.4 is 5.32 Å². The van der Waals surface area contributed by atoms with Gasteiger partial charge in [0.25, 0.3) is 0 Å². The number of halogens is 2. The Kier molecular flexibility index (Phi) is 4.80. The molecule has 2 rings (SSSR count). The molecule has 108 valence electrons. The molecule has 0 aliphatic heterocycles. The van der Waals surface area contributed by atoms with Crippen molar-refractivity contribution in [1.29, 1.82) is 0 Å². The number of benzene rings is 1. The van der Waals surface area contributed by atoms with Crippen LogP contribution >= 0.6 is 22.6 Å². The van der Waals surface area contributed by atoms with Crippen molar-refractivity contribution in [2.75, 3.05) is 6.54 Å². The van der Waals surface area contributed by atoms with Gasteiger partial charge in [0.1, 0.15) is 5.82 Å². The van der Waals surface area contributed by atoms with E-state index >= 15 is 0 Å². The van der Waals surface area contributed by atoms with Crippen LogP contribution in [0.4, 0.5) is 4.39 Å². The Morgan fingerprint density at radius 3 is 2.75 bits per heavy atom. The molecule has 20 heavy (non-hydrogen) atoms. The molecule has 3 nitrogen and oxygen atoms in total. The Hall–Kier alpha value is -0.950. The molecular formula is C15H18FIN2O. The van der Waals surface area contributed by atoms with E-state index in [1.807, 2.05) is 0 Å². The maximum atomic E-state index is 13.1. The van der Waals surface area contributed by atoms with Gasteiger partial charge in [-0.15, -0.1) is 0 Å². The van der Waals surface area contributed by atoms with Crippen molar-refractivity contribution in [3.63, 3.8) is 0 Å². The van der Waals surface area contributed by atoms with E-state index in [9.17, 15) is 4.39 Å². The van der Waals surface area contributed by atoms with Crippen LogP contribution in [0.2, 0.25) is 0 Å². The third-order valence-electron chi connectivity index (χ3n) is 2.74. The van der Waals surface area contributed by atoms with Crippen LogP contribution in [0.25, 0.3) is 11.3 Å². The van der Waals surface area contributed by atoms with Crippen LogP contribution in [-0.2, 0) is 6.42 Å². The van der Waals surface area contributed by atoms with Gasteiger partial charge in [-0.25, -0.2) is 9.37 Å². The van der Waals surface area contributed by atoms with Crippen molar-refractivity contribution >= 4 is 22.6 Å². The Morgan fingerprint density at radius 1 is 1.35 bits per heavy atom. The fourth-order valence-electron chi connectivity index (χ4n) is 1.78. The Bertz CT molecular complexity index is 590. The number of rotatable bonds is 4. The molecule has 0 spiro atoms. The molecule has 0 unspecified atom stereocenters. The highest BCUT2D eigenvalue weighted by Crippen LogP contribution is 2.26. The zero-order valence-electron chi connectivity index (χ0n) is 11.8. The van der Waals surface area contributed by atoms with Crippen molar-refractivity contribution < 1.29 is 8.81 Å². The fourth-order valence-corrected chi connectivity index (χ4v) is 2.53. The molecule has 1 aromatic heterocycles. The molecule has 0 saturated heterocycles. The van der Waals surface area contributed by atoms with E-state index in [0.29, 0.717) is 11.7 Å². The SMILES string of the molecule is CC(C)(C)NCCc1ncc(-c2ccc(F)cc2I)o1. The monoisotopic (exact) mass is 388 g/mol. The third kappa shape index (κ3) is 4.28. The second-order valence-corrected chi connectivity index (χ2v) is 6.83. The summed E-state index contributed by atoms with van der Waals surface area (Å²) in [6, 6.07) is 4.63. The summed E-state index contributed by atoms with van der Waals surface area (Å²) in [7, 11) is 0. The number of nitrogens with one attached hydrogen (secondary N) is 1. The Balaban J connectivity index is 2.05. The number of hydrogen-bond donors (Lipinski definition) is 1. The van der Waals surface area contributed by atoms with Crippen LogP contribution in [0.3, 0.4) is 0 Å². The summed E-state index contributed by atoms with van der Waals surface area (Å²) >= 11 is 2.10. The van der Waals surface area contributed by atoms with Crippen LogP contribution in [0, 0.1) is 9.39 Å². The van der Waals surface area contributed by atoms with Gasteiger partial charge in [-0.1, -0.05) is 0 Å². The van der Waals surface area contributed by atoms with Crippen LogP contribution in [0.1, 0.15) is 26.7 Å². The topological polar surface area (TPSA) is 38.1 Å². The summed E-state index contributed by atoms with van der Waals surface area (Å²) in [6.45, 7) is 7.17. The van der Waals surface area contributed by atoms with Gasteiger partial charge in [0.05, 0.1) is 6.20 Å². The first kappa shape index (κ1) is 15.4. The summed E-state index contributed by atoms with van der Waals surface area (Å²) in [5, 5.41) is 3.39. The lowest BCUT2D eigenvalue weighted by Crippen LogP contribution is -2.37. The molecule has 0 aliphatic carbocycles. The maximum Gasteiger partial charge on any atom is 0.196 e. The lowest BCUT2D eigenvalue weighted by molar-refractivity contribution is 0.412. The zero-order valence-corrected chi connectivity index (χ0v) is 14.0. The van der Waals surface area contributed by atoms with Crippen LogP contribution in [0.5, 0.6) is 0 Å². The first-order chi connectivity index (χ1) is 9.35. The van der Waals surface area contributed by atoms with E-state index in [-0.39, 0.29) is 11.4 Å². The average molecular weight is 388 g/mol. The first-order valence-electron chi connectivity index (χ1n) is 6.50. The molecule has 5 heteroatoms. The Morgan fingerprint density at radius 2 is 2.10 bits per heavy atom. The van der Waals surface area contributed by atoms with Gasteiger partial charge < -0.3 is 9.73 Å². The van der Waals surface area contributed by atoms with Gasteiger partial charge in [-0.3, -0.25) is 0 Å².